The van der Waals surface area contributed by atoms with Crippen molar-refractivity contribution in [3.05, 3.63) is 59.7 Å². The summed E-state index contributed by atoms with van der Waals surface area (Å²) in [6.45, 7) is 0. The average Bonchev–Trinajstić information content (AvgIpc) is 2.53. The summed E-state index contributed by atoms with van der Waals surface area (Å²) in [5.74, 6) is -1.06. The number of nitriles is 1. The summed E-state index contributed by atoms with van der Waals surface area (Å²) >= 11 is 0. The quantitative estimate of drug-likeness (QED) is 0.723. The molecule has 112 valence electrons. The molecule has 0 radical (unpaired) electrons. The van der Waals surface area contributed by atoms with Crippen LogP contribution in [0, 0.1) is 11.3 Å². The first-order chi connectivity index (χ1) is 10.4. The number of carbonyl (C=O) groups excluding carboxylic acids is 1. The number of hydrogen-bond donors (Lipinski definition) is 3. The third-order valence-electron chi connectivity index (χ3n) is 2.74. The Morgan fingerprint density at radius 2 is 1.73 bits per heavy atom. The maximum Gasteiger partial charge on any atom is 0.269 e. The van der Waals surface area contributed by atoms with Crippen LogP contribution in [0.15, 0.2) is 53.4 Å². The van der Waals surface area contributed by atoms with Crippen molar-refractivity contribution < 1.29 is 18.3 Å². The standard InChI is InChI=1S/C14H11N3O4S/c15-9-10-5-7-11(8-6-10)22(20,21)17-16-14(19)12-3-1-2-4-13(12)18/h1-8,17-18H,(H,16,19). The van der Waals surface area contributed by atoms with Crippen molar-refractivity contribution >= 4 is 15.9 Å². The number of nitrogens with one attached hydrogen (secondary N) is 2. The minimum atomic E-state index is -3.97. The van der Waals surface area contributed by atoms with Crippen LogP contribution in [-0.2, 0) is 10.0 Å². The first-order valence-corrected chi connectivity index (χ1v) is 7.52. The fourth-order valence-corrected chi connectivity index (χ4v) is 2.45. The lowest BCUT2D eigenvalue weighted by atomic mass is 10.2. The van der Waals surface area contributed by atoms with Gasteiger partial charge in [0.25, 0.3) is 15.9 Å². The number of benzene rings is 2. The van der Waals surface area contributed by atoms with Gasteiger partial charge in [0.2, 0.25) is 0 Å². The Balaban J connectivity index is 2.11. The van der Waals surface area contributed by atoms with Crippen molar-refractivity contribution in [2.75, 3.05) is 0 Å². The molecule has 0 heterocycles. The van der Waals surface area contributed by atoms with Crippen LogP contribution in [0.25, 0.3) is 0 Å². The second-order valence-electron chi connectivity index (χ2n) is 4.21. The van der Waals surface area contributed by atoms with E-state index in [1.165, 1.54) is 48.5 Å². The zero-order valence-corrected chi connectivity index (χ0v) is 12.0. The van der Waals surface area contributed by atoms with E-state index in [4.69, 9.17) is 5.26 Å². The molecule has 2 rings (SSSR count). The molecule has 2 aromatic rings. The Morgan fingerprint density at radius 1 is 1.09 bits per heavy atom. The summed E-state index contributed by atoms with van der Waals surface area (Å²) in [6.07, 6.45) is 0. The maximum absolute atomic E-state index is 12.0. The summed E-state index contributed by atoms with van der Waals surface area (Å²) in [5.41, 5.74) is 2.26. The second kappa shape index (κ2) is 6.26. The molecule has 7 nitrogen and oxygen atoms in total. The molecule has 0 atom stereocenters. The predicted octanol–water partition coefficient (Wildman–Crippen LogP) is 0.887. The molecule has 0 aliphatic rings. The van der Waals surface area contributed by atoms with Crippen LogP contribution in [0.4, 0.5) is 0 Å². The zero-order chi connectivity index (χ0) is 16.2. The van der Waals surface area contributed by atoms with Gasteiger partial charge in [-0.1, -0.05) is 12.1 Å². The number of aromatic hydroxyl groups is 1. The van der Waals surface area contributed by atoms with Crippen LogP contribution in [0.2, 0.25) is 0 Å². The van der Waals surface area contributed by atoms with Gasteiger partial charge in [0, 0.05) is 0 Å². The van der Waals surface area contributed by atoms with Gasteiger partial charge in [-0.3, -0.25) is 10.2 Å². The van der Waals surface area contributed by atoms with Gasteiger partial charge in [-0.15, -0.1) is 4.83 Å². The number of hydrogen-bond acceptors (Lipinski definition) is 5. The van der Waals surface area contributed by atoms with Crippen LogP contribution in [-0.4, -0.2) is 19.4 Å². The Bertz CT molecular complexity index is 839. The molecule has 0 unspecified atom stereocenters. The number of hydrazine groups is 1. The van der Waals surface area contributed by atoms with Gasteiger partial charge in [0.05, 0.1) is 22.1 Å². The summed E-state index contributed by atoms with van der Waals surface area (Å²) in [5, 5.41) is 18.2. The Morgan fingerprint density at radius 3 is 2.32 bits per heavy atom. The minimum Gasteiger partial charge on any atom is -0.507 e. The molecule has 22 heavy (non-hydrogen) atoms. The summed E-state index contributed by atoms with van der Waals surface area (Å²) in [6, 6.07) is 12.8. The van der Waals surface area contributed by atoms with E-state index in [0.29, 0.717) is 5.56 Å². The van der Waals surface area contributed by atoms with Crippen LogP contribution in [0.3, 0.4) is 0 Å². The number of phenolic OH excluding ortho intramolecular Hbond substituents is 1. The highest BCUT2D eigenvalue weighted by Gasteiger charge is 2.17. The van der Waals surface area contributed by atoms with Gasteiger partial charge in [0.1, 0.15) is 5.75 Å². The van der Waals surface area contributed by atoms with Crippen molar-refractivity contribution in [2.45, 2.75) is 4.90 Å². The Labute approximate surface area is 126 Å². The van der Waals surface area contributed by atoms with E-state index in [-0.39, 0.29) is 16.2 Å². The molecule has 0 saturated carbocycles. The van der Waals surface area contributed by atoms with E-state index < -0.39 is 15.9 Å². The Hall–Kier alpha value is -2.89. The highest BCUT2D eigenvalue weighted by Crippen LogP contribution is 2.15. The molecule has 3 N–H and O–H groups in total. The molecule has 0 spiro atoms. The predicted molar refractivity (Wildman–Crippen MR) is 77.1 cm³/mol. The first kappa shape index (κ1) is 15.5. The van der Waals surface area contributed by atoms with E-state index in [2.05, 4.69) is 0 Å². The van der Waals surface area contributed by atoms with Crippen molar-refractivity contribution in [1.82, 2.24) is 10.3 Å². The summed E-state index contributed by atoms with van der Waals surface area (Å²) in [7, 11) is -3.97. The molecule has 0 bridgehead atoms. The molecule has 2 aromatic carbocycles. The van der Waals surface area contributed by atoms with Crippen LogP contribution in [0.1, 0.15) is 15.9 Å². The van der Waals surface area contributed by atoms with E-state index in [0.717, 1.165) is 0 Å². The van der Waals surface area contributed by atoms with Crippen molar-refractivity contribution in [2.24, 2.45) is 0 Å². The fourth-order valence-electron chi connectivity index (χ4n) is 1.61. The van der Waals surface area contributed by atoms with Crippen LogP contribution >= 0.6 is 0 Å². The molecular formula is C14H11N3O4S. The van der Waals surface area contributed by atoms with Crippen molar-refractivity contribution in [1.29, 1.82) is 5.26 Å². The third-order valence-corrected chi connectivity index (χ3v) is 4.00. The van der Waals surface area contributed by atoms with Crippen LogP contribution < -0.4 is 10.3 Å². The van der Waals surface area contributed by atoms with E-state index in [9.17, 15) is 18.3 Å². The van der Waals surface area contributed by atoms with Gasteiger partial charge >= 0.3 is 0 Å². The number of phenols is 1. The number of amides is 1. The van der Waals surface area contributed by atoms with E-state index >= 15 is 0 Å². The first-order valence-electron chi connectivity index (χ1n) is 6.04. The molecule has 0 aromatic heterocycles. The largest absolute Gasteiger partial charge is 0.507 e. The summed E-state index contributed by atoms with van der Waals surface area (Å²) < 4.78 is 24.0. The molecule has 0 saturated heterocycles. The van der Waals surface area contributed by atoms with E-state index in [1.54, 1.807) is 0 Å². The second-order valence-corrected chi connectivity index (χ2v) is 5.90. The van der Waals surface area contributed by atoms with Gasteiger partial charge < -0.3 is 5.11 Å². The van der Waals surface area contributed by atoms with Crippen molar-refractivity contribution in [3.8, 4) is 11.8 Å². The fraction of sp³-hybridized carbons (Fsp3) is 0. The molecule has 0 aliphatic carbocycles. The lowest BCUT2D eigenvalue weighted by molar-refractivity contribution is 0.0942. The number of sulfonamides is 1. The number of rotatable bonds is 4. The SMILES string of the molecule is N#Cc1ccc(S(=O)(=O)NNC(=O)c2ccccc2O)cc1. The van der Waals surface area contributed by atoms with Crippen molar-refractivity contribution in [3.63, 3.8) is 0 Å². The van der Waals surface area contributed by atoms with Crippen LogP contribution in [0.5, 0.6) is 5.75 Å². The zero-order valence-electron chi connectivity index (χ0n) is 11.1. The van der Waals surface area contributed by atoms with Gasteiger partial charge in [-0.2, -0.15) is 5.26 Å². The lowest BCUT2D eigenvalue weighted by Crippen LogP contribution is -2.41. The summed E-state index contributed by atoms with van der Waals surface area (Å²) in [4.78, 5) is 13.6. The number of carbonyl (C=O) groups is 1. The average molecular weight is 317 g/mol. The smallest absolute Gasteiger partial charge is 0.269 e. The molecule has 8 heteroatoms. The van der Waals surface area contributed by atoms with Gasteiger partial charge in [-0.25, -0.2) is 8.42 Å². The normalized spacial score (nSPS) is 10.7. The minimum absolute atomic E-state index is 0.0648. The molecular weight excluding hydrogens is 306 g/mol. The number of nitrogens with zero attached hydrogens (tertiary/aromatic N) is 1. The lowest BCUT2D eigenvalue weighted by Gasteiger charge is -2.09. The third kappa shape index (κ3) is 3.41. The topological polar surface area (TPSA) is 119 Å². The van der Waals surface area contributed by atoms with Gasteiger partial charge in [-0.05, 0) is 36.4 Å². The highest BCUT2D eigenvalue weighted by molar-refractivity contribution is 7.89. The number of para-hydroxylation sites is 1. The van der Waals surface area contributed by atoms with Gasteiger partial charge in [0.15, 0.2) is 0 Å². The maximum atomic E-state index is 12.0. The monoisotopic (exact) mass is 317 g/mol. The Kier molecular flexibility index (Phi) is 4.41. The van der Waals surface area contributed by atoms with E-state index in [1.807, 2.05) is 16.3 Å². The molecule has 0 aliphatic heterocycles. The highest BCUT2D eigenvalue weighted by atomic mass is 32.2. The molecule has 1 amide bonds. The molecule has 0 fully saturated rings.